The van der Waals surface area contributed by atoms with Gasteiger partial charge in [-0.2, -0.15) is 0 Å². The monoisotopic (exact) mass is 463 g/mol. The van der Waals surface area contributed by atoms with E-state index in [0.717, 1.165) is 50.9 Å². The van der Waals surface area contributed by atoms with Gasteiger partial charge in [-0.3, -0.25) is 4.99 Å². The van der Waals surface area contributed by atoms with E-state index >= 15 is 0 Å². The number of methoxy groups -OCH3 is 2. The fourth-order valence-corrected chi connectivity index (χ4v) is 2.90. The van der Waals surface area contributed by atoms with Gasteiger partial charge in [0.15, 0.2) is 5.96 Å². The summed E-state index contributed by atoms with van der Waals surface area (Å²) in [4.78, 5) is 6.49. The maximum absolute atomic E-state index is 5.77. The lowest BCUT2D eigenvalue weighted by molar-refractivity contribution is -0.0857. The Morgan fingerprint density at radius 3 is 2.40 bits per heavy atom. The number of nitrogens with zero attached hydrogens (tertiary/aromatic N) is 2. The standard InChI is InChI=1S/C18H29N3O3.HI/c1-19-17(20-14-18(23-4)9-11-24-12-10-18)21(2)13-15-5-7-16(22-3)8-6-15;/h5-8H,9-14H2,1-4H3,(H,19,20);1H. The van der Waals surface area contributed by atoms with Crippen LogP contribution in [-0.2, 0) is 16.0 Å². The van der Waals surface area contributed by atoms with Gasteiger partial charge in [-0.1, -0.05) is 12.1 Å². The second-order valence-corrected chi connectivity index (χ2v) is 6.10. The van der Waals surface area contributed by atoms with E-state index in [-0.39, 0.29) is 29.6 Å². The van der Waals surface area contributed by atoms with E-state index in [1.165, 1.54) is 5.56 Å². The van der Waals surface area contributed by atoms with Crippen molar-refractivity contribution in [3.05, 3.63) is 29.8 Å². The molecule has 0 atom stereocenters. The third-order valence-electron chi connectivity index (χ3n) is 4.56. The average Bonchev–Trinajstić information content (AvgIpc) is 2.63. The molecule has 0 aliphatic carbocycles. The fourth-order valence-electron chi connectivity index (χ4n) is 2.90. The van der Waals surface area contributed by atoms with Crippen molar-refractivity contribution in [2.75, 3.05) is 48.1 Å². The summed E-state index contributed by atoms with van der Waals surface area (Å²) in [5, 5.41) is 3.44. The van der Waals surface area contributed by atoms with Gasteiger partial charge >= 0.3 is 0 Å². The number of halogens is 1. The van der Waals surface area contributed by atoms with E-state index in [2.05, 4.69) is 27.3 Å². The van der Waals surface area contributed by atoms with Crippen LogP contribution in [0, 0.1) is 0 Å². The van der Waals surface area contributed by atoms with Crippen molar-refractivity contribution in [2.45, 2.75) is 25.0 Å². The highest BCUT2D eigenvalue weighted by atomic mass is 127. The molecule has 0 aromatic heterocycles. The van der Waals surface area contributed by atoms with Crippen LogP contribution in [0.4, 0.5) is 0 Å². The number of hydrogen-bond donors (Lipinski definition) is 1. The molecule has 25 heavy (non-hydrogen) atoms. The Morgan fingerprint density at radius 1 is 1.24 bits per heavy atom. The Bertz CT molecular complexity index is 531. The Morgan fingerprint density at radius 2 is 1.88 bits per heavy atom. The largest absolute Gasteiger partial charge is 0.497 e. The van der Waals surface area contributed by atoms with Gasteiger partial charge < -0.3 is 24.4 Å². The molecule has 0 bridgehead atoms. The number of hydrogen-bond acceptors (Lipinski definition) is 4. The van der Waals surface area contributed by atoms with E-state index in [1.807, 2.05) is 19.2 Å². The van der Waals surface area contributed by atoms with Gasteiger partial charge in [0.2, 0.25) is 0 Å². The predicted molar refractivity (Wildman–Crippen MR) is 111 cm³/mol. The third-order valence-corrected chi connectivity index (χ3v) is 4.56. The zero-order valence-corrected chi connectivity index (χ0v) is 17.9. The zero-order chi connectivity index (χ0) is 17.4. The molecule has 1 fully saturated rings. The van der Waals surface area contributed by atoms with Crippen LogP contribution in [0.15, 0.2) is 29.3 Å². The summed E-state index contributed by atoms with van der Waals surface area (Å²) in [6, 6.07) is 8.08. The van der Waals surface area contributed by atoms with E-state index in [4.69, 9.17) is 14.2 Å². The summed E-state index contributed by atoms with van der Waals surface area (Å²) in [6.45, 7) is 2.99. The Labute approximate surface area is 167 Å². The van der Waals surface area contributed by atoms with Crippen molar-refractivity contribution in [3.63, 3.8) is 0 Å². The van der Waals surface area contributed by atoms with Crippen molar-refractivity contribution in [1.29, 1.82) is 0 Å². The molecule has 1 aromatic carbocycles. The van der Waals surface area contributed by atoms with Crippen LogP contribution in [-0.4, -0.2) is 64.5 Å². The first-order valence-corrected chi connectivity index (χ1v) is 8.30. The minimum atomic E-state index is -0.171. The van der Waals surface area contributed by atoms with Crippen LogP contribution in [0.5, 0.6) is 5.75 Å². The highest BCUT2D eigenvalue weighted by Crippen LogP contribution is 2.23. The van der Waals surface area contributed by atoms with E-state index in [0.29, 0.717) is 0 Å². The molecule has 6 nitrogen and oxygen atoms in total. The lowest BCUT2D eigenvalue weighted by Crippen LogP contribution is -2.50. The lowest BCUT2D eigenvalue weighted by atomic mass is 9.94. The van der Waals surface area contributed by atoms with Crippen LogP contribution in [0.1, 0.15) is 18.4 Å². The van der Waals surface area contributed by atoms with Crippen molar-refractivity contribution in [3.8, 4) is 5.75 Å². The first kappa shape index (κ1) is 22.0. The second kappa shape index (κ2) is 10.8. The maximum atomic E-state index is 5.77. The molecule has 1 aliphatic rings. The summed E-state index contributed by atoms with van der Waals surface area (Å²) < 4.78 is 16.4. The molecule has 0 spiro atoms. The molecule has 2 rings (SSSR count). The second-order valence-electron chi connectivity index (χ2n) is 6.10. The first-order valence-electron chi connectivity index (χ1n) is 8.30. The molecular formula is C18H30IN3O3. The third kappa shape index (κ3) is 6.31. The predicted octanol–water partition coefficient (Wildman–Crippen LogP) is 2.52. The van der Waals surface area contributed by atoms with Gasteiger partial charge in [0.25, 0.3) is 0 Å². The van der Waals surface area contributed by atoms with Crippen LogP contribution >= 0.6 is 24.0 Å². The molecule has 1 aliphatic heterocycles. The Kier molecular flexibility index (Phi) is 9.52. The van der Waals surface area contributed by atoms with E-state index in [1.54, 1.807) is 21.3 Å². The Hall–Kier alpha value is -1.06. The molecular weight excluding hydrogens is 433 g/mol. The number of ether oxygens (including phenoxy) is 3. The molecule has 1 aromatic rings. The minimum absolute atomic E-state index is 0. The number of rotatable bonds is 6. The molecule has 0 radical (unpaired) electrons. The van der Waals surface area contributed by atoms with Gasteiger partial charge in [0.05, 0.1) is 12.7 Å². The molecule has 0 saturated carbocycles. The van der Waals surface area contributed by atoms with Crippen LogP contribution in [0.2, 0.25) is 0 Å². The number of guanidine groups is 1. The quantitative estimate of drug-likeness (QED) is 0.399. The smallest absolute Gasteiger partial charge is 0.193 e. The fraction of sp³-hybridized carbons (Fsp3) is 0.611. The summed E-state index contributed by atoms with van der Waals surface area (Å²) >= 11 is 0. The minimum Gasteiger partial charge on any atom is -0.497 e. The molecule has 0 unspecified atom stereocenters. The van der Waals surface area contributed by atoms with Crippen LogP contribution in [0.3, 0.4) is 0 Å². The van der Waals surface area contributed by atoms with Crippen molar-refractivity contribution in [2.24, 2.45) is 4.99 Å². The zero-order valence-electron chi connectivity index (χ0n) is 15.6. The molecule has 1 heterocycles. The highest BCUT2D eigenvalue weighted by Gasteiger charge is 2.32. The maximum Gasteiger partial charge on any atom is 0.193 e. The van der Waals surface area contributed by atoms with Gasteiger partial charge in [-0.25, -0.2) is 0 Å². The molecule has 7 heteroatoms. The van der Waals surface area contributed by atoms with Crippen LogP contribution in [0.25, 0.3) is 0 Å². The Balaban J connectivity index is 0.00000312. The summed E-state index contributed by atoms with van der Waals surface area (Å²) in [5.41, 5.74) is 1.03. The van der Waals surface area contributed by atoms with Crippen molar-refractivity contribution < 1.29 is 14.2 Å². The highest BCUT2D eigenvalue weighted by molar-refractivity contribution is 14.0. The molecule has 142 valence electrons. The summed E-state index contributed by atoms with van der Waals surface area (Å²) in [7, 11) is 7.28. The SMILES string of the molecule is CN=C(NCC1(OC)CCOCC1)N(C)Cc1ccc(OC)cc1.I. The first-order chi connectivity index (χ1) is 11.6. The van der Waals surface area contributed by atoms with Crippen LogP contribution < -0.4 is 10.1 Å². The van der Waals surface area contributed by atoms with Gasteiger partial charge in [-0.05, 0) is 17.7 Å². The van der Waals surface area contributed by atoms with E-state index < -0.39 is 0 Å². The average molecular weight is 463 g/mol. The summed E-state index contributed by atoms with van der Waals surface area (Å²) in [6.07, 6.45) is 1.80. The lowest BCUT2D eigenvalue weighted by Gasteiger charge is -2.37. The normalized spacial score (nSPS) is 16.7. The number of aliphatic imine (C=N–C) groups is 1. The number of benzene rings is 1. The molecule has 1 saturated heterocycles. The molecule has 0 amide bonds. The topological polar surface area (TPSA) is 55.3 Å². The number of nitrogens with one attached hydrogen (secondary N) is 1. The van der Waals surface area contributed by atoms with Crippen molar-refractivity contribution in [1.82, 2.24) is 10.2 Å². The van der Waals surface area contributed by atoms with Gasteiger partial charge in [0.1, 0.15) is 5.75 Å². The van der Waals surface area contributed by atoms with Crippen molar-refractivity contribution >= 4 is 29.9 Å². The van der Waals surface area contributed by atoms with E-state index in [9.17, 15) is 0 Å². The van der Waals surface area contributed by atoms with Gasteiger partial charge in [-0.15, -0.1) is 24.0 Å². The summed E-state index contributed by atoms with van der Waals surface area (Å²) in [5.74, 6) is 1.72. The molecule has 1 N–H and O–H groups in total. The van der Waals surface area contributed by atoms with Gasteiger partial charge in [0, 0.05) is 60.4 Å².